The number of ether oxygens (including phenoxy) is 4. The van der Waals surface area contributed by atoms with E-state index in [2.05, 4.69) is 39.8 Å². The third-order valence-electron chi connectivity index (χ3n) is 13.3. The Morgan fingerprint density at radius 1 is 1.07 bits per heavy atom. The first-order valence-electron chi connectivity index (χ1n) is 17.0. The fourth-order valence-electron chi connectivity index (χ4n) is 10.6. The molecule has 3 aliphatic heterocycles. The summed E-state index contributed by atoms with van der Waals surface area (Å²) in [7, 11) is 0. The molecule has 10 heteroatoms. The third-order valence-corrected chi connectivity index (χ3v) is 13.3. The molecular formula is C35H50O10. The highest BCUT2D eigenvalue weighted by Crippen LogP contribution is 2.65. The lowest BCUT2D eigenvalue weighted by Gasteiger charge is -2.53. The van der Waals surface area contributed by atoms with Crippen LogP contribution < -0.4 is 0 Å². The number of aliphatic hydroxyl groups is 4. The fraction of sp³-hybridized carbons (Fsp3) is 0.829. The maximum Gasteiger partial charge on any atom is 0.310 e. The zero-order valence-corrected chi connectivity index (χ0v) is 27.1. The summed E-state index contributed by atoms with van der Waals surface area (Å²) >= 11 is 0. The van der Waals surface area contributed by atoms with Gasteiger partial charge in [0, 0.05) is 18.8 Å². The van der Waals surface area contributed by atoms with Crippen LogP contribution >= 0.6 is 0 Å². The van der Waals surface area contributed by atoms with E-state index in [9.17, 15) is 30.0 Å². The van der Waals surface area contributed by atoms with E-state index in [4.69, 9.17) is 18.9 Å². The van der Waals surface area contributed by atoms with Gasteiger partial charge < -0.3 is 39.4 Å². The van der Waals surface area contributed by atoms with Gasteiger partial charge in [-0.3, -0.25) is 9.59 Å². The van der Waals surface area contributed by atoms with Gasteiger partial charge in [0.1, 0.15) is 41.9 Å². The maximum absolute atomic E-state index is 13.8. The van der Waals surface area contributed by atoms with Gasteiger partial charge in [0.2, 0.25) is 0 Å². The van der Waals surface area contributed by atoms with Gasteiger partial charge in [-0.2, -0.15) is 0 Å². The van der Waals surface area contributed by atoms with E-state index in [0.29, 0.717) is 12.8 Å². The van der Waals surface area contributed by atoms with E-state index in [0.717, 1.165) is 32.1 Å². The molecule has 0 aromatic heterocycles. The van der Waals surface area contributed by atoms with Crippen molar-refractivity contribution in [1.29, 1.82) is 0 Å². The molecule has 45 heavy (non-hydrogen) atoms. The predicted molar refractivity (Wildman–Crippen MR) is 160 cm³/mol. The van der Waals surface area contributed by atoms with Crippen LogP contribution in [-0.4, -0.2) is 93.4 Å². The van der Waals surface area contributed by atoms with Gasteiger partial charge in [0.25, 0.3) is 0 Å². The molecule has 0 aromatic rings. The summed E-state index contributed by atoms with van der Waals surface area (Å²) in [5.74, 6) is -0.324. The highest BCUT2D eigenvalue weighted by Gasteiger charge is 2.68. The van der Waals surface area contributed by atoms with Crippen molar-refractivity contribution in [2.75, 3.05) is 6.61 Å². The topological polar surface area (TPSA) is 155 Å². The number of aliphatic hydroxyl groups excluding tert-OH is 4. The SMILES string of the molecule is CC(C)C1(C2CC(C3C(=O)CC4C5=CCC6CC(OC7OC(CO)C(O)C(O)C7O)CCC6(C)C5=CCC43C)C(=O)O2)OC1C. The predicted octanol–water partition coefficient (Wildman–Crippen LogP) is 2.59. The molecule has 0 amide bonds. The molecule has 4 aliphatic carbocycles. The van der Waals surface area contributed by atoms with Crippen molar-refractivity contribution < 1.29 is 49.0 Å². The molecule has 0 bridgehead atoms. The summed E-state index contributed by atoms with van der Waals surface area (Å²) in [4.78, 5) is 27.2. The number of ketones is 1. The largest absolute Gasteiger partial charge is 0.459 e. The lowest BCUT2D eigenvalue weighted by Crippen LogP contribution is -2.60. The molecule has 3 saturated heterocycles. The highest BCUT2D eigenvalue weighted by molar-refractivity contribution is 5.91. The van der Waals surface area contributed by atoms with Crippen molar-refractivity contribution in [1.82, 2.24) is 0 Å². The summed E-state index contributed by atoms with van der Waals surface area (Å²) < 4.78 is 23.8. The zero-order valence-electron chi connectivity index (χ0n) is 27.1. The van der Waals surface area contributed by atoms with E-state index >= 15 is 0 Å². The Kier molecular flexibility index (Phi) is 7.76. The van der Waals surface area contributed by atoms with E-state index in [1.54, 1.807) is 0 Å². The first-order chi connectivity index (χ1) is 21.3. The summed E-state index contributed by atoms with van der Waals surface area (Å²) in [6.07, 6.45) is 2.63. The maximum atomic E-state index is 13.8. The Morgan fingerprint density at radius 2 is 1.80 bits per heavy atom. The van der Waals surface area contributed by atoms with Crippen molar-refractivity contribution >= 4 is 11.8 Å². The number of Topliss-reactive ketones (excluding diaryl/α,β-unsaturated/α-hetero) is 1. The van der Waals surface area contributed by atoms with Crippen molar-refractivity contribution in [2.45, 2.75) is 134 Å². The molecule has 0 spiro atoms. The summed E-state index contributed by atoms with van der Waals surface area (Å²) in [6, 6.07) is 0. The highest BCUT2D eigenvalue weighted by atomic mass is 16.7. The fourth-order valence-corrected chi connectivity index (χ4v) is 10.6. The second kappa shape index (κ2) is 10.9. The minimum atomic E-state index is -1.46. The number of esters is 1. The molecule has 7 rings (SSSR count). The molecule has 4 N–H and O–H groups in total. The molecule has 0 aromatic carbocycles. The number of allylic oxidation sites excluding steroid dienone is 4. The second-order valence-electron chi connectivity index (χ2n) is 15.8. The first kappa shape index (κ1) is 31.9. The van der Waals surface area contributed by atoms with Crippen LogP contribution in [0.4, 0.5) is 0 Å². The van der Waals surface area contributed by atoms with Crippen LogP contribution in [0.3, 0.4) is 0 Å². The van der Waals surface area contributed by atoms with Crippen molar-refractivity contribution in [3.63, 3.8) is 0 Å². The van der Waals surface area contributed by atoms with Gasteiger partial charge in [-0.15, -0.1) is 0 Å². The van der Waals surface area contributed by atoms with Crippen LogP contribution in [-0.2, 0) is 28.5 Å². The molecular weight excluding hydrogens is 580 g/mol. The third kappa shape index (κ3) is 4.60. The number of cyclic esters (lactones) is 1. The van der Waals surface area contributed by atoms with Crippen LogP contribution in [0.1, 0.15) is 79.6 Å². The van der Waals surface area contributed by atoms with E-state index in [1.807, 2.05) is 6.92 Å². The molecule has 2 saturated carbocycles. The van der Waals surface area contributed by atoms with Crippen LogP contribution in [0, 0.1) is 40.4 Å². The average Bonchev–Trinajstić information content (AvgIpc) is 3.44. The number of epoxide rings is 1. The normalized spacial score (nSPS) is 52.5. The number of fused-ring (bicyclic) bond motifs is 5. The quantitative estimate of drug-likeness (QED) is 0.254. The minimum Gasteiger partial charge on any atom is -0.459 e. The lowest BCUT2D eigenvalue weighted by molar-refractivity contribution is -0.314. The van der Waals surface area contributed by atoms with Gasteiger partial charge in [-0.1, -0.05) is 39.8 Å². The van der Waals surface area contributed by atoms with Gasteiger partial charge in [0.15, 0.2) is 6.29 Å². The smallest absolute Gasteiger partial charge is 0.310 e. The van der Waals surface area contributed by atoms with Crippen molar-refractivity contribution in [3.05, 3.63) is 23.3 Å². The molecule has 7 aliphatic rings. The van der Waals surface area contributed by atoms with Crippen LogP contribution in [0.15, 0.2) is 23.3 Å². The number of hydrogen-bond acceptors (Lipinski definition) is 10. The molecule has 10 nitrogen and oxygen atoms in total. The molecule has 0 radical (unpaired) electrons. The monoisotopic (exact) mass is 630 g/mol. The van der Waals surface area contributed by atoms with E-state index < -0.39 is 48.8 Å². The van der Waals surface area contributed by atoms with Gasteiger partial charge in [-0.05, 0) is 78.8 Å². The van der Waals surface area contributed by atoms with Gasteiger partial charge >= 0.3 is 5.97 Å². The Morgan fingerprint density at radius 3 is 2.47 bits per heavy atom. The van der Waals surface area contributed by atoms with Crippen LogP contribution in [0.2, 0.25) is 0 Å². The molecule has 15 atom stereocenters. The molecule has 3 heterocycles. The molecule has 15 unspecified atom stereocenters. The molecule has 250 valence electrons. The average molecular weight is 631 g/mol. The summed E-state index contributed by atoms with van der Waals surface area (Å²) in [6.45, 7) is 10.3. The Balaban J connectivity index is 1.07. The van der Waals surface area contributed by atoms with Crippen LogP contribution in [0.5, 0.6) is 0 Å². The van der Waals surface area contributed by atoms with Crippen molar-refractivity contribution in [2.24, 2.45) is 40.4 Å². The Labute approximate surface area is 265 Å². The second-order valence-corrected chi connectivity index (χ2v) is 15.8. The van der Waals surface area contributed by atoms with Crippen molar-refractivity contribution in [3.8, 4) is 0 Å². The summed E-state index contributed by atoms with van der Waals surface area (Å²) in [5.41, 5.74) is 1.70. The minimum absolute atomic E-state index is 0.0376. The Hall–Kier alpha value is -1.66. The van der Waals surface area contributed by atoms with Gasteiger partial charge in [-0.25, -0.2) is 0 Å². The lowest BCUT2D eigenvalue weighted by atomic mass is 9.51. The summed E-state index contributed by atoms with van der Waals surface area (Å²) in [5, 5.41) is 40.4. The number of hydrogen-bond donors (Lipinski definition) is 4. The van der Waals surface area contributed by atoms with E-state index in [1.165, 1.54) is 11.1 Å². The molecule has 5 fully saturated rings. The zero-order chi connectivity index (χ0) is 32.2. The van der Waals surface area contributed by atoms with Gasteiger partial charge in [0.05, 0.1) is 24.7 Å². The first-order valence-corrected chi connectivity index (χ1v) is 17.0. The Bertz CT molecular complexity index is 1290. The number of rotatable bonds is 6. The van der Waals surface area contributed by atoms with Crippen LogP contribution in [0.25, 0.3) is 0 Å². The number of carbonyl (C=O) groups is 2. The van der Waals surface area contributed by atoms with E-state index in [-0.39, 0.29) is 64.6 Å². The standard InChI is InChI=1S/C35H50O10/c1-16(2)35(17(3)45-35)26-13-21(31(41)44-26)27-24(37)14-23-20-7-6-18-12-19(8-10-33(18,4)22(20)9-11-34(23,27)5)42-32-30(40)29(39)28(38)25(15-36)43-32/h7,9,16-19,21,23,25-30,32,36,38-40H,6,8,10-15H2,1-5H3. The number of carbonyl (C=O) groups excluding carboxylic acids is 2.